The Kier molecular flexibility index (Phi) is 7.18. The second-order valence-corrected chi connectivity index (χ2v) is 13.3. The van der Waals surface area contributed by atoms with Crippen LogP contribution in [0.4, 0.5) is 5.69 Å². The molecule has 0 fully saturated rings. The monoisotopic (exact) mass is 687 g/mol. The van der Waals surface area contributed by atoms with Crippen LogP contribution >= 0.6 is 0 Å². The van der Waals surface area contributed by atoms with Gasteiger partial charge in [0.25, 0.3) is 0 Å². The summed E-state index contributed by atoms with van der Waals surface area (Å²) in [5, 5.41) is 15.4. The van der Waals surface area contributed by atoms with Gasteiger partial charge in [0.15, 0.2) is 0 Å². The van der Waals surface area contributed by atoms with Crippen molar-refractivity contribution < 1.29 is 0 Å². The summed E-state index contributed by atoms with van der Waals surface area (Å²) in [5.41, 5.74) is 11.3. The highest BCUT2D eigenvalue weighted by Gasteiger charge is 2.26. The summed E-state index contributed by atoms with van der Waals surface area (Å²) in [5.74, 6) is 0. The van der Waals surface area contributed by atoms with Gasteiger partial charge in [0.05, 0.1) is 45.6 Å². The van der Waals surface area contributed by atoms with Gasteiger partial charge in [0.1, 0.15) is 6.07 Å². The fraction of sp³-hybridized carbons (Fsp3) is 0. The molecule has 0 aliphatic rings. The predicted octanol–water partition coefficient (Wildman–Crippen LogP) is 12.7. The summed E-state index contributed by atoms with van der Waals surface area (Å²) < 4.78 is 4.65. The van der Waals surface area contributed by atoms with E-state index in [1.807, 2.05) is 78.9 Å². The van der Waals surface area contributed by atoms with Crippen LogP contribution in [0, 0.1) is 17.9 Å². The number of rotatable bonds is 5. The topological polar surface area (TPSA) is 50.9 Å². The average Bonchev–Trinajstić information content (AvgIpc) is 3.75. The molecule has 0 spiro atoms. The van der Waals surface area contributed by atoms with E-state index in [0.717, 1.165) is 66.3 Å². The molecule has 0 aliphatic heterocycles. The number of nitrogens with zero attached hydrogens (tertiary/aromatic N) is 5. The van der Waals surface area contributed by atoms with Crippen LogP contribution in [0.25, 0.3) is 93.5 Å². The van der Waals surface area contributed by atoms with Gasteiger partial charge in [-0.3, -0.25) is 4.98 Å². The van der Waals surface area contributed by atoms with Gasteiger partial charge in [-0.05, 0) is 59.7 Å². The van der Waals surface area contributed by atoms with Crippen molar-refractivity contribution in [1.82, 2.24) is 14.1 Å². The standard InChI is InChI=1S/C49H29N5/c1-51-49-45(32-17-6-2-7-18-32)40(31-50)48(52-47(49)33-19-8-3-9-20-33)37-26-16-28-42-46(37)39-30-43-38(29-44(39)54(42)35-23-12-5-13-24-35)36-25-14-15-27-41(36)53(43)34-21-10-4-11-22-34/h2-30H. The van der Waals surface area contributed by atoms with E-state index in [2.05, 4.69) is 117 Å². The zero-order chi connectivity index (χ0) is 36.2. The Balaban J connectivity index is 1.40. The molecule has 10 aromatic rings. The molecule has 3 aromatic heterocycles. The summed E-state index contributed by atoms with van der Waals surface area (Å²) in [6, 6.07) is 62.5. The number of hydrogen-bond acceptors (Lipinski definition) is 2. The molecule has 0 aliphatic carbocycles. The Morgan fingerprint density at radius 1 is 0.500 bits per heavy atom. The Morgan fingerprint density at radius 3 is 1.69 bits per heavy atom. The highest BCUT2D eigenvalue weighted by atomic mass is 15.0. The van der Waals surface area contributed by atoms with Crippen molar-refractivity contribution in [2.75, 3.05) is 0 Å². The molecule has 0 saturated carbocycles. The zero-order valence-corrected chi connectivity index (χ0v) is 29.0. The third-order valence-electron chi connectivity index (χ3n) is 10.4. The van der Waals surface area contributed by atoms with Crippen LogP contribution < -0.4 is 0 Å². The fourth-order valence-electron chi connectivity index (χ4n) is 8.11. The Labute approximate surface area is 311 Å². The first-order valence-corrected chi connectivity index (χ1v) is 17.8. The van der Waals surface area contributed by atoms with Crippen LogP contribution in [-0.4, -0.2) is 14.1 Å². The lowest BCUT2D eigenvalue weighted by Crippen LogP contribution is -1.99. The molecule has 0 radical (unpaired) electrons. The van der Waals surface area contributed by atoms with E-state index >= 15 is 0 Å². The molecule has 3 heterocycles. The van der Waals surface area contributed by atoms with E-state index in [9.17, 15) is 5.26 Å². The number of fused-ring (bicyclic) bond motifs is 6. The molecule has 54 heavy (non-hydrogen) atoms. The van der Waals surface area contributed by atoms with Crippen LogP contribution in [0.2, 0.25) is 0 Å². The van der Waals surface area contributed by atoms with Crippen molar-refractivity contribution in [3.8, 4) is 51.1 Å². The van der Waals surface area contributed by atoms with Crippen LogP contribution in [0.5, 0.6) is 0 Å². The Hall–Kier alpha value is -7.73. The van der Waals surface area contributed by atoms with Crippen LogP contribution in [0.15, 0.2) is 176 Å². The van der Waals surface area contributed by atoms with Gasteiger partial charge < -0.3 is 9.13 Å². The molecule has 5 heteroatoms. The zero-order valence-electron chi connectivity index (χ0n) is 29.0. The van der Waals surface area contributed by atoms with Crippen molar-refractivity contribution in [3.63, 3.8) is 0 Å². The molecule has 10 rings (SSSR count). The maximum atomic E-state index is 11.1. The lowest BCUT2D eigenvalue weighted by Gasteiger charge is -2.17. The maximum absolute atomic E-state index is 11.1. The Bertz CT molecular complexity index is 3150. The van der Waals surface area contributed by atoms with Gasteiger partial charge in [-0.1, -0.05) is 127 Å². The minimum atomic E-state index is 0.362. The summed E-state index contributed by atoms with van der Waals surface area (Å²) >= 11 is 0. The number of nitriles is 1. The molecular weight excluding hydrogens is 659 g/mol. The van der Waals surface area contributed by atoms with E-state index in [4.69, 9.17) is 11.6 Å². The molecule has 0 saturated heterocycles. The summed E-state index contributed by atoms with van der Waals surface area (Å²) in [7, 11) is 0. The highest BCUT2D eigenvalue weighted by Crippen LogP contribution is 2.47. The van der Waals surface area contributed by atoms with Gasteiger partial charge in [-0.25, -0.2) is 4.85 Å². The molecule has 7 aromatic carbocycles. The minimum Gasteiger partial charge on any atom is -0.309 e. The van der Waals surface area contributed by atoms with Crippen LogP contribution in [0.1, 0.15) is 5.56 Å². The van der Waals surface area contributed by atoms with E-state index < -0.39 is 0 Å². The largest absolute Gasteiger partial charge is 0.309 e. The predicted molar refractivity (Wildman–Crippen MR) is 220 cm³/mol. The van der Waals surface area contributed by atoms with Gasteiger partial charge >= 0.3 is 0 Å². The first kappa shape index (κ1) is 31.0. The van der Waals surface area contributed by atoms with Crippen molar-refractivity contribution in [2.24, 2.45) is 0 Å². The van der Waals surface area contributed by atoms with Gasteiger partial charge in [-0.15, -0.1) is 0 Å². The van der Waals surface area contributed by atoms with Gasteiger partial charge in [0, 0.05) is 44.0 Å². The number of aromatic nitrogens is 3. The maximum Gasteiger partial charge on any atom is 0.221 e. The summed E-state index contributed by atoms with van der Waals surface area (Å²) in [6.07, 6.45) is 0. The van der Waals surface area contributed by atoms with Crippen LogP contribution in [-0.2, 0) is 0 Å². The summed E-state index contributed by atoms with van der Waals surface area (Å²) in [4.78, 5) is 9.34. The molecular formula is C49H29N5. The third kappa shape index (κ3) is 4.67. The number of hydrogen-bond donors (Lipinski definition) is 0. The number of pyridine rings is 1. The van der Waals surface area contributed by atoms with Gasteiger partial charge in [0.2, 0.25) is 5.69 Å². The molecule has 250 valence electrons. The average molecular weight is 688 g/mol. The highest BCUT2D eigenvalue weighted by molar-refractivity contribution is 6.22. The molecule has 0 amide bonds. The quantitative estimate of drug-likeness (QED) is 0.169. The molecule has 5 nitrogen and oxygen atoms in total. The second-order valence-electron chi connectivity index (χ2n) is 13.3. The van der Waals surface area contributed by atoms with Crippen LogP contribution in [0.3, 0.4) is 0 Å². The SMILES string of the molecule is [C-]#[N+]c1c(-c2ccccc2)nc(-c2cccc3c2c2cc4c(cc2n3-c2ccccc2)c2ccccc2n4-c2ccccc2)c(C#N)c1-c1ccccc1. The summed E-state index contributed by atoms with van der Waals surface area (Å²) in [6.45, 7) is 8.39. The first-order chi connectivity index (χ1) is 26.7. The number of benzene rings is 7. The van der Waals surface area contributed by atoms with Gasteiger partial charge in [-0.2, -0.15) is 5.26 Å². The van der Waals surface area contributed by atoms with E-state index in [-0.39, 0.29) is 0 Å². The fourth-order valence-corrected chi connectivity index (χ4v) is 8.11. The molecule has 0 atom stereocenters. The van der Waals surface area contributed by atoms with Crippen molar-refractivity contribution >= 4 is 49.3 Å². The lowest BCUT2D eigenvalue weighted by molar-refractivity contribution is 1.17. The molecule has 0 N–H and O–H groups in total. The van der Waals surface area contributed by atoms with Crippen molar-refractivity contribution in [3.05, 3.63) is 193 Å². The van der Waals surface area contributed by atoms with Crippen molar-refractivity contribution in [1.29, 1.82) is 5.26 Å². The van der Waals surface area contributed by atoms with E-state index in [1.54, 1.807) is 0 Å². The smallest absolute Gasteiger partial charge is 0.221 e. The second kappa shape index (κ2) is 12.5. The van der Waals surface area contributed by atoms with Crippen molar-refractivity contribution in [2.45, 2.75) is 0 Å². The molecule has 0 bridgehead atoms. The molecule has 0 unspecified atom stereocenters. The first-order valence-electron chi connectivity index (χ1n) is 17.8. The van der Waals surface area contributed by atoms with E-state index in [1.165, 1.54) is 5.39 Å². The lowest BCUT2D eigenvalue weighted by atomic mass is 9.91. The Morgan fingerprint density at radius 2 is 1.04 bits per heavy atom. The number of para-hydroxylation sites is 3. The minimum absolute atomic E-state index is 0.362. The van der Waals surface area contributed by atoms with E-state index in [0.29, 0.717) is 28.2 Å². The third-order valence-corrected chi connectivity index (χ3v) is 10.4. The normalized spacial score (nSPS) is 11.3.